The van der Waals surface area contributed by atoms with Crippen molar-refractivity contribution in [3.05, 3.63) is 187 Å². The summed E-state index contributed by atoms with van der Waals surface area (Å²) < 4.78 is 0. The Morgan fingerprint density at radius 1 is 1.07 bits per heavy atom. The van der Waals surface area contributed by atoms with Gasteiger partial charge in [0.25, 0.3) is 0 Å². The first kappa shape index (κ1) is 32.0. The minimum Gasteiger partial charge on any atom is -0.345 e. The SMILES string of the molecule is C=C/C(=C\C=C\N(C(=C)CCC1=CC(C)(C)c2ccccc21)[C@H](C=C)CC/C=C/C1=CC=C[C@H]2C=CC=CC12)C1=CCCC=C1. The quantitative estimate of drug-likeness (QED) is 0.154. The molecule has 5 rings (SSSR count). The molecule has 230 valence electrons. The van der Waals surface area contributed by atoms with Crippen LogP contribution < -0.4 is 0 Å². The average molecular weight is 592 g/mol. The summed E-state index contributed by atoms with van der Waals surface area (Å²) in [6, 6.07) is 8.98. The molecule has 1 nitrogen and oxygen atoms in total. The van der Waals surface area contributed by atoms with Crippen molar-refractivity contribution in [2.45, 2.75) is 63.8 Å². The molecular weight excluding hydrogens is 542 g/mol. The monoisotopic (exact) mass is 591 g/mol. The normalized spacial score (nSPS) is 22.1. The Bertz CT molecular complexity index is 1580. The Balaban J connectivity index is 1.30. The molecule has 0 aliphatic heterocycles. The summed E-state index contributed by atoms with van der Waals surface area (Å²) in [7, 11) is 0. The van der Waals surface area contributed by atoms with E-state index in [2.05, 4.69) is 166 Å². The second kappa shape index (κ2) is 15.1. The first-order chi connectivity index (χ1) is 21.9. The highest BCUT2D eigenvalue weighted by atomic mass is 15.1. The fourth-order valence-corrected chi connectivity index (χ4v) is 6.90. The van der Waals surface area contributed by atoms with E-state index in [1.54, 1.807) is 0 Å². The van der Waals surface area contributed by atoms with Crippen LogP contribution in [-0.4, -0.2) is 10.9 Å². The maximum absolute atomic E-state index is 4.62. The lowest BCUT2D eigenvalue weighted by molar-refractivity contribution is 0.366. The molecule has 0 N–H and O–H groups in total. The van der Waals surface area contributed by atoms with Gasteiger partial charge < -0.3 is 4.90 Å². The fourth-order valence-electron chi connectivity index (χ4n) is 6.90. The lowest BCUT2D eigenvalue weighted by atomic mass is 9.79. The van der Waals surface area contributed by atoms with Gasteiger partial charge in [-0.1, -0.05) is 148 Å². The standard InChI is InChI=1S/C44H49N/c1-6-35(36-19-9-8-10-20-36)25-18-32-45(34(3)30-31-39-33-44(4,5)43-29-16-15-28-42(39)43)40(7-2)26-13-11-21-37-23-17-24-38-22-12-14-27-41(37)38/h6-7,9,11-12,14-25,27-29,32-33,38,40-41H,1-3,8,10,13,26,30-31H2,4-5H3/b21-11+,32-18+,35-25+/t38-,40-,41?/m1/s1. The van der Waals surface area contributed by atoms with Crippen molar-refractivity contribution in [3.63, 3.8) is 0 Å². The Morgan fingerprint density at radius 3 is 2.69 bits per heavy atom. The van der Waals surface area contributed by atoms with Crippen LogP contribution in [0.2, 0.25) is 0 Å². The van der Waals surface area contributed by atoms with Gasteiger partial charge in [0.05, 0.1) is 6.04 Å². The van der Waals surface area contributed by atoms with Gasteiger partial charge in [0, 0.05) is 29.1 Å². The van der Waals surface area contributed by atoms with Crippen molar-refractivity contribution in [1.82, 2.24) is 4.90 Å². The highest BCUT2D eigenvalue weighted by Crippen LogP contribution is 2.42. The van der Waals surface area contributed by atoms with E-state index in [4.69, 9.17) is 0 Å². The van der Waals surface area contributed by atoms with E-state index in [1.165, 1.54) is 27.8 Å². The van der Waals surface area contributed by atoms with Crippen LogP contribution in [0.3, 0.4) is 0 Å². The number of fused-ring (bicyclic) bond motifs is 2. The molecule has 0 saturated heterocycles. The second-order valence-corrected chi connectivity index (χ2v) is 12.9. The van der Waals surface area contributed by atoms with Gasteiger partial charge in [-0.25, -0.2) is 0 Å². The number of allylic oxidation sites excluding steroid dienone is 21. The van der Waals surface area contributed by atoms with Crippen molar-refractivity contribution < 1.29 is 0 Å². The van der Waals surface area contributed by atoms with Crippen LogP contribution in [0.15, 0.2) is 176 Å². The first-order valence-corrected chi connectivity index (χ1v) is 16.6. The van der Waals surface area contributed by atoms with E-state index in [1.807, 2.05) is 6.08 Å². The molecule has 0 spiro atoms. The summed E-state index contributed by atoms with van der Waals surface area (Å²) in [4.78, 5) is 2.34. The van der Waals surface area contributed by atoms with E-state index >= 15 is 0 Å². The number of nitrogens with zero attached hydrogens (tertiary/aromatic N) is 1. The highest BCUT2D eigenvalue weighted by Gasteiger charge is 2.29. The van der Waals surface area contributed by atoms with E-state index in [0.717, 1.165) is 49.8 Å². The number of hydrogen-bond donors (Lipinski definition) is 0. The van der Waals surface area contributed by atoms with Gasteiger partial charge in [-0.05, 0) is 78.0 Å². The lowest BCUT2D eigenvalue weighted by Gasteiger charge is -2.30. The van der Waals surface area contributed by atoms with Crippen LogP contribution in [0, 0.1) is 11.8 Å². The van der Waals surface area contributed by atoms with Crippen LogP contribution in [0.4, 0.5) is 0 Å². The number of rotatable bonds is 14. The maximum atomic E-state index is 4.62. The molecule has 45 heavy (non-hydrogen) atoms. The Labute approximate surface area is 272 Å². The van der Waals surface area contributed by atoms with E-state index in [-0.39, 0.29) is 11.5 Å². The second-order valence-electron chi connectivity index (χ2n) is 12.9. The minimum absolute atomic E-state index is 0.0598. The van der Waals surface area contributed by atoms with E-state index < -0.39 is 0 Å². The molecular formula is C44H49N. The Kier molecular flexibility index (Phi) is 10.7. The molecule has 1 heteroatoms. The molecule has 0 amide bonds. The molecule has 0 aromatic heterocycles. The zero-order valence-electron chi connectivity index (χ0n) is 27.2. The smallest absolute Gasteiger partial charge is 0.0513 e. The van der Waals surface area contributed by atoms with Gasteiger partial charge in [0.1, 0.15) is 0 Å². The molecule has 1 aromatic rings. The predicted octanol–water partition coefficient (Wildman–Crippen LogP) is 11.6. The van der Waals surface area contributed by atoms with Crippen molar-refractivity contribution in [2.24, 2.45) is 11.8 Å². The first-order valence-electron chi connectivity index (χ1n) is 16.6. The van der Waals surface area contributed by atoms with Gasteiger partial charge in [-0.3, -0.25) is 0 Å². The van der Waals surface area contributed by atoms with Crippen LogP contribution in [0.5, 0.6) is 0 Å². The van der Waals surface area contributed by atoms with E-state index in [0.29, 0.717) is 11.8 Å². The molecule has 0 saturated carbocycles. The van der Waals surface area contributed by atoms with Gasteiger partial charge in [-0.15, -0.1) is 6.58 Å². The lowest BCUT2D eigenvalue weighted by Crippen LogP contribution is -2.28. The number of hydrogen-bond acceptors (Lipinski definition) is 1. The van der Waals surface area contributed by atoms with Gasteiger partial charge >= 0.3 is 0 Å². The van der Waals surface area contributed by atoms with Gasteiger partial charge in [0.15, 0.2) is 0 Å². The average Bonchev–Trinajstić information content (AvgIpc) is 3.34. The summed E-state index contributed by atoms with van der Waals surface area (Å²) in [5, 5.41) is 0. The van der Waals surface area contributed by atoms with E-state index in [9.17, 15) is 0 Å². The molecule has 1 unspecified atom stereocenters. The van der Waals surface area contributed by atoms with Crippen molar-refractivity contribution in [1.29, 1.82) is 0 Å². The molecule has 0 fully saturated rings. The molecule has 0 radical (unpaired) electrons. The van der Waals surface area contributed by atoms with Crippen LogP contribution in [-0.2, 0) is 5.41 Å². The van der Waals surface area contributed by atoms with Crippen molar-refractivity contribution in [2.75, 3.05) is 0 Å². The van der Waals surface area contributed by atoms with Gasteiger partial charge in [-0.2, -0.15) is 0 Å². The molecule has 0 bridgehead atoms. The summed E-state index contributed by atoms with van der Waals surface area (Å²) in [6.45, 7) is 17.6. The predicted molar refractivity (Wildman–Crippen MR) is 196 cm³/mol. The molecule has 0 heterocycles. The Morgan fingerprint density at radius 2 is 1.89 bits per heavy atom. The van der Waals surface area contributed by atoms with Crippen molar-refractivity contribution >= 4 is 5.57 Å². The zero-order valence-corrected chi connectivity index (χ0v) is 27.2. The molecule has 4 aliphatic carbocycles. The molecule has 3 atom stereocenters. The Hall–Kier alpha value is -4.36. The highest BCUT2D eigenvalue weighted by molar-refractivity contribution is 5.76. The minimum atomic E-state index is 0.0598. The largest absolute Gasteiger partial charge is 0.345 e. The van der Waals surface area contributed by atoms with Crippen LogP contribution in [0.1, 0.15) is 63.5 Å². The third kappa shape index (κ3) is 7.84. The maximum Gasteiger partial charge on any atom is 0.0513 e. The fraction of sp³-hybridized carbons (Fsp3) is 0.273. The van der Waals surface area contributed by atoms with Crippen molar-refractivity contribution in [3.8, 4) is 0 Å². The topological polar surface area (TPSA) is 3.24 Å². The molecule has 4 aliphatic rings. The number of benzene rings is 1. The summed E-state index contributed by atoms with van der Waals surface area (Å²) in [6.07, 6.45) is 46.0. The third-order valence-corrected chi connectivity index (χ3v) is 9.37. The van der Waals surface area contributed by atoms with Crippen LogP contribution in [0.25, 0.3) is 5.57 Å². The summed E-state index contributed by atoms with van der Waals surface area (Å²) >= 11 is 0. The summed E-state index contributed by atoms with van der Waals surface area (Å²) in [5.74, 6) is 0.899. The third-order valence-electron chi connectivity index (χ3n) is 9.37. The summed E-state index contributed by atoms with van der Waals surface area (Å²) in [5.41, 5.74) is 9.14. The van der Waals surface area contributed by atoms with Crippen LogP contribution >= 0.6 is 0 Å². The zero-order chi connectivity index (χ0) is 31.6. The van der Waals surface area contributed by atoms with Gasteiger partial charge in [0.2, 0.25) is 0 Å². The molecule has 1 aromatic carbocycles.